The molecule has 0 saturated carbocycles. The number of carbonyl (C=O) groups is 1. The molecule has 1 aliphatic rings. The van der Waals surface area contributed by atoms with E-state index in [2.05, 4.69) is 10.3 Å². The molecule has 1 aliphatic heterocycles. The van der Waals surface area contributed by atoms with Crippen molar-refractivity contribution in [1.29, 1.82) is 0 Å². The van der Waals surface area contributed by atoms with Crippen LogP contribution < -0.4 is 5.32 Å². The van der Waals surface area contributed by atoms with Crippen molar-refractivity contribution >= 4 is 5.91 Å². The van der Waals surface area contributed by atoms with Crippen LogP contribution in [0.15, 0.2) is 48.8 Å². The maximum absolute atomic E-state index is 14.0. The second-order valence-corrected chi connectivity index (χ2v) is 5.89. The molecule has 5 heteroatoms. The van der Waals surface area contributed by atoms with Gasteiger partial charge in [-0.15, -0.1) is 0 Å². The van der Waals surface area contributed by atoms with Crippen LogP contribution in [-0.2, 0) is 6.54 Å². The number of carbonyl (C=O) groups excluding carboxylic acids is 1. The quantitative estimate of drug-likeness (QED) is 0.922. The lowest BCUT2D eigenvalue weighted by Crippen LogP contribution is -2.36. The van der Waals surface area contributed by atoms with Crippen LogP contribution in [0.4, 0.5) is 4.39 Å². The molecule has 0 aliphatic carbocycles. The summed E-state index contributed by atoms with van der Waals surface area (Å²) in [5.74, 6) is -0.334. The van der Waals surface area contributed by atoms with Gasteiger partial charge in [0.25, 0.3) is 5.91 Å². The topological polar surface area (TPSA) is 45.2 Å². The molecule has 0 spiro atoms. The van der Waals surface area contributed by atoms with Gasteiger partial charge in [0.2, 0.25) is 0 Å². The third-order valence-corrected chi connectivity index (χ3v) is 4.13. The van der Waals surface area contributed by atoms with Crippen molar-refractivity contribution in [1.82, 2.24) is 15.2 Å². The van der Waals surface area contributed by atoms with Crippen LogP contribution >= 0.6 is 0 Å². The summed E-state index contributed by atoms with van der Waals surface area (Å²) in [5, 5.41) is 3.31. The van der Waals surface area contributed by atoms with Gasteiger partial charge in [0, 0.05) is 25.5 Å². The van der Waals surface area contributed by atoms with Gasteiger partial charge in [0.05, 0.1) is 5.56 Å². The molecule has 23 heavy (non-hydrogen) atoms. The largest absolute Gasteiger partial charge is 0.334 e. The number of hydrogen-bond donors (Lipinski definition) is 1. The van der Waals surface area contributed by atoms with Gasteiger partial charge < -0.3 is 10.2 Å². The predicted molar refractivity (Wildman–Crippen MR) is 86.4 cm³/mol. The summed E-state index contributed by atoms with van der Waals surface area (Å²) in [7, 11) is 0. The van der Waals surface area contributed by atoms with Crippen molar-refractivity contribution in [3.8, 4) is 0 Å². The molecule has 0 bridgehead atoms. The van der Waals surface area contributed by atoms with E-state index in [-0.39, 0.29) is 11.5 Å². The average Bonchev–Trinajstić information content (AvgIpc) is 3.08. The molecule has 0 radical (unpaired) electrons. The predicted octanol–water partition coefficient (Wildman–Crippen LogP) is 2.47. The second-order valence-electron chi connectivity index (χ2n) is 5.89. The third-order valence-electron chi connectivity index (χ3n) is 4.13. The van der Waals surface area contributed by atoms with Gasteiger partial charge in [0.15, 0.2) is 0 Å². The number of hydrogen-bond acceptors (Lipinski definition) is 3. The molecule has 2 heterocycles. The molecule has 1 atom stereocenters. The van der Waals surface area contributed by atoms with Gasteiger partial charge >= 0.3 is 0 Å². The molecule has 0 unspecified atom stereocenters. The zero-order valence-electron chi connectivity index (χ0n) is 12.9. The highest BCUT2D eigenvalue weighted by Gasteiger charge is 2.24. The fraction of sp³-hybridized carbons (Fsp3) is 0.333. The second kappa shape index (κ2) is 7.33. The Labute approximate surface area is 135 Å². The van der Waals surface area contributed by atoms with Crippen molar-refractivity contribution < 1.29 is 9.18 Å². The third kappa shape index (κ3) is 3.93. The molecule has 4 nitrogen and oxygen atoms in total. The minimum atomic E-state index is -0.474. The van der Waals surface area contributed by atoms with Gasteiger partial charge in [0.1, 0.15) is 5.82 Å². The van der Waals surface area contributed by atoms with E-state index in [0.717, 1.165) is 25.1 Å². The van der Waals surface area contributed by atoms with Crippen LogP contribution in [0.1, 0.15) is 22.3 Å². The van der Waals surface area contributed by atoms with Crippen molar-refractivity contribution in [2.75, 3.05) is 19.6 Å². The van der Waals surface area contributed by atoms with Gasteiger partial charge in [-0.05, 0) is 49.2 Å². The number of rotatable bonds is 5. The van der Waals surface area contributed by atoms with Crippen molar-refractivity contribution in [3.05, 3.63) is 65.7 Å². The van der Waals surface area contributed by atoms with Crippen molar-refractivity contribution in [2.24, 2.45) is 5.92 Å². The van der Waals surface area contributed by atoms with Gasteiger partial charge in [-0.2, -0.15) is 0 Å². The van der Waals surface area contributed by atoms with Crippen molar-refractivity contribution in [3.63, 3.8) is 0 Å². The number of nitrogens with zero attached hydrogens (tertiary/aromatic N) is 2. The van der Waals surface area contributed by atoms with Crippen LogP contribution in [-0.4, -0.2) is 35.4 Å². The van der Waals surface area contributed by atoms with Crippen LogP contribution in [0.25, 0.3) is 0 Å². The molecule has 120 valence electrons. The highest BCUT2D eigenvalue weighted by Crippen LogP contribution is 2.17. The molecule has 3 rings (SSSR count). The van der Waals surface area contributed by atoms with E-state index in [4.69, 9.17) is 0 Å². The smallest absolute Gasteiger partial charge is 0.257 e. The first-order valence-electron chi connectivity index (χ1n) is 7.87. The molecule has 1 N–H and O–H groups in total. The average molecular weight is 313 g/mol. The summed E-state index contributed by atoms with van der Waals surface area (Å²) < 4.78 is 14.0. The van der Waals surface area contributed by atoms with E-state index in [1.54, 1.807) is 35.5 Å². The number of benzene rings is 1. The Balaban J connectivity index is 1.81. The lowest BCUT2D eigenvalue weighted by atomic mass is 10.1. The van der Waals surface area contributed by atoms with E-state index in [1.807, 2.05) is 12.1 Å². The van der Waals surface area contributed by atoms with Gasteiger partial charge in [-0.25, -0.2) is 4.39 Å². The normalized spacial score (nSPS) is 17.2. The Hall–Kier alpha value is -2.27. The summed E-state index contributed by atoms with van der Waals surface area (Å²) in [5.41, 5.74) is 1.07. The molecule has 1 aromatic heterocycles. The molecule has 1 saturated heterocycles. The van der Waals surface area contributed by atoms with E-state index >= 15 is 0 Å². The Bertz CT molecular complexity index is 656. The Morgan fingerprint density at radius 2 is 2.17 bits per heavy atom. The number of pyridine rings is 1. The van der Waals surface area contributed by atoms with E-state index in [9.17, 15) is 9.18 Å². The first kappa shape index (κ1) is 15.6. The zero-order valence-corrected chi connectivity index (χ0v) is 12.9. The number of aromatic nitrogens is 1. The van der Waals surface area contributed by atoms with Crippen LogP contribution in [0.2, 0.25) is 0 Å². The van der Waals surface area contributed by atoms with Gasteiger partial charge in [-0.3, -0.25) is 9.78 Å². The van der Waals surface area contributed by atoms with Crippen LogP contribution in [0, 0.1) is 11.7 Å². The van der Waals surface area contributed by atoms with E-state index in [0.29, 0.717) is 19.0 Å². The first-order chi connectivity index (χ1) is 11.2. The van der Waals surface area contributed by atoms with Crippen LogP contribution in [0.5, 0.6) is 0 Å². The Morgan fingerprint density at radius 3 is 2.87 bits per heavy atom. The lowest BCUT2D eigenvalue weighted by molar-refractivity contribution is 0.0713. The summed E-state index contributed by atoms with van der Waals surface area (Å²) >= 11 is 0. The highest BCUT2D eigenvalue weighted by molar-refractivity contribution is 5.94. The molecule has 1 fully saturated rings. The summed E-state index contributed by atoms with van der Waals surface area (Å²) in [6, 6.07) is 9.93. The first-order valence-corrected chi connectivity index (χ1v) is 7.87. The zero-order chi connectivity index (χ0) is 16.1. The SMILES string of the molecule is O=C(c1ccccc1F)N(Cc1cccnc1)C[C@H]1CCNC1. The molecule has 1 aromatic carbocycles. The minimum absolute atomic E-state index is 0.127. The highest BCUT2D eigenvalue weighted by atomic mass is 19.1. The fourth-order valence-corrected chi connectivity index (χ4v) is 2.92. The fourth-order valence-electron chi connectivity index (χ4n) is 2.92. The monoisotopic (exact) mass is 313 g/mol. The number of halogens is 1. The maximum Gasteiger partial charge on any atom is 0.257 e. The number of nitrogens with one attached hydrogen (secondary N) is 1. The molecular weight excluding hydrogens is 293 g/mol. The molecule has 2 aromatic rings. The molecular formula is C18H20FN3O. The Morgan fingerprint density at radius 1 is 1.30 bits per heavy atom. The maximum atomic E-state index is 14.0. The van der Waals surface area contributed by atoms with Gasteiger partial charge in [-0.1, -0.05) is 18.2 Å². The van der Waals surface area contributed by atoms with Crippen LogP contribution in [0.3, 0.4) is 0 Å². The summed E-state index contributed by atoms with van der Waals surface area (Å²) in [6.45, 7) is 2.93. The standard InChI is InChI=1S/C18H20FN3O/c19-17-6-2-1-5-16(17)18(23)22(13-15-7-9-21-11-15)12-14-4-3-8-20-10-14/h1-6,8,10,15,21H,7,9,11-13H2/t15-/m0/s1. The lowest BCUT2D eigenvalue weighted by Gasteiger charge is -2.26. The summed E-state index contributed by atoms with van der Waals surface area (Å²) in [4.78, 5) is 18.6. The van der Waals surface area contributed by atoms with E-state index in [1.165, 1.54) is 6.07 Å². The molecule has 1 amide bonds. The summed E-state index contributed by atoms with van der Waals surface area (Å²) in [6.07, 6.45) is 4.48. The minimum Gasteiger partial charge on any atom is -0.334 e. The van der Waals surface area contributed by atoms with Crippen molar-refractivity contribution in [2.45, 2.75) is 13.0 Å². The van der Waals surface area contributed by atoms with E-state index < -0.39 is 5.82 Å². The number of amides is 1. The Kier molecular flexibility index (Phi) is 4.98.